The van der Waals surface area contributed by atoms with Crippen LogP contribution < -0.4 is 5.32 Å². The maximum Gasteiger partial charge on any atom is 0.256 e. The lowest BCUT2D eigenvalue weighted by atomic mass is 10.2. The number of pyridine rings is 1. The normalized spacial score (nSPS) is 10.8. The van der Waals surface area contributed by atoms with Crippen LogP contribution in [0.3, 0.4) is 0 Å². The zero-order chi connectivity index (χ0) is 15.6. The van der Waals surface area contributed by atoms with Crippen LogP contribution >= 0.6 is 0 Å². The second kappa shape index (κ2) is 5.38. The van der Waals surface area contributed by atoms with Crippen LogP contribution in [0.15, 0.2) is 54.9 Å². The predicted octanol–water partition coefficient (Wildman–Crippen LogP) is 2.60. The number of imidazole rings is 1. The molecule has 4 aromatic rings. The van der Waals surface area contributed by atoms with Crippen molar-refractivity contribution in [3.63, 3.8) is 0 Å². The number of aromatic nitrogens is 5. The lowest BCUT2D eigenvalue weighted by molar-refractivity contribution is 0.102. The van der Waals surface area contributed by atoms with E-state index in [1.807, 2.05) is 24.3 Å². The van der Waals surface area contributed by atoms with Crippen molar-refractivity contribution in [3.05, 3.63) is 60.4 Å². The monoisotopic (exact) mass is 304 g/mol. The number of carbonyl (C=O) groups excluding carboxylic acids is 1. The number of H-pyrrole nitrogens is 2. The number of nitrogens with zero attached hydrogens (tertiary/aromatic N) is 3. The number of hydrogen-bond acceptors (Lipinski definition) is 4. The number of hydrogen-bond donors (Lipinski definition) is 3. The maximum absolute atomic E-state index is 12.1. The first-order chi connectivity index (χ1) is 11.3. The maximum atomic E-state index is 12.1. The zero-order valence-electron chi connectivity index (χ0n) is 11.9. The molecule has 3 heterocycles. The summed E-state index contributed by atoms with van der Waals surface area (Å²) in [6.07, 6.45) is 3.14. The molecule has 0 unspecified atom stereocenters. The molecule has 3 aromatic heterocycles. The molecule has 7 nitrogen and oxygen atoms in total. The fourth-order valence-electron chi connectivity index (χ4n) is 2.28. The standard InChI is InChI=1S/C16H12N6O/c23-16(10-5-7-17-8-6-10)20-14-9-13(21-22-14)15-18-11-3-1-2-4-12(11)19-15/h1-9H,(H,18,19)(H2,20,21,22,23). The Labute approximate surface area is 130 Å². The van der Waals surface area contributed by atoms with Gasteiger partial charge >= 0.3 is 0 Å². The van der Waals surface area contributed by atoms with E-state index in [9.17, 15) is 4.79 Å². The van der Waals surface area contributed by atoms with Crippen LogP contribution in [0.5, 0.6) is 0 Å². The van der Waals surface area contributed by atoms with Crippen molar-refractivity contribution in [3.8, 4) is 11.5 Å². The van der Waals surface area contributed by atoms with Gasteiger partial charge in [-0.15, -0.1) is 0 Å². The Morgan fingerprint density at radius 2 is 1.91 bits per heavy atom. The van der Waals surface area contributed by atoms with Crippen LogP contribution in [-0.2, 0) is 0 Å². The summed E-state index contributed by atoms with van der Waals surface area (Å²) in [6, 6.07) is 12.8. The molecule has 0 bridgehead atoms. The topological polar surface area (TPSA) is 99.3 Å². The van der Waals surface area contributed by atoms with E-state index in [-0.39, 0.29) is 5.91 Å². The number of carbonyl (C=O) groups is 1. The molecule has 0 saturated carbocycles. The summed E-state index contributed by atoms with van der Waals surface area (Å²) < 4.78 is 0. The van der Waals surface area contributed by atoms with Gasteiger partial charge in [-0.05, 0) is 24.3 Å². The third-order valence-corrected chi connectivity index (χ3v) is 3.41. The molecular formula is C16H12N6O. The van der Waals surface area contributed by atoms with Gasteiger partial charge in [0.1, 0.15) is 5.69 Å². The van der Waals surface area contributed by atoms with Gasteiger partial charge in [-0.1, -0.05) is 12.1 Å². The van der Waals surface area contributed by atoms with E-state index in [1.54, 1.807) is 30.6 Å². The quantitative estimate of drug-likeness (QED) is 0.541. The second-order valence-corrected chi connectivity index (χ2v) is 4.96. The number of anilines is 1. The predicted molar refractivity (Wildman–Crippen MR) is 85.9 cm³/mol. The number of para-hydroxylation sites is 2. The average Bonchev–Trinajstić information content (AvgIpc) is 3.21. The van der Waals surface area contributed by atoms with Gasteiger partial charge in [0.2, 0.25) is 0 Å². The lowest BCUT2D eigenvalue weighted by Crippen LogP contribution is -2.11. The Morgan fingerprint density at radius 3 is 2.74 bits per heavy atom. The minimum atomic E-state index is -0.241. The molecule has 0 spiro atoms. The molecule has 0 saturated heterocycles. The van der Waals surface area contributed by atoms with Crippen molar-refractivity contribution in [2.24, 2.45) is 0 Å². The van der Waals surface area contributed by atoms with E-state index in [0.717, 1.165) is 11.0 Å². The first kappa shape index (κ1) is 13.2. The number of amides is 1. The fraction of sp³-hybridized carbons (Fsp3) is 0. The summed E-state index contributed by atoms with van der Waals surface area (Å²) in [6.45, 7) is 0. The highest BCUT2D eigenvalue weighted by Gasteiger charge is 2.11. The summed E-state index contributed by atoms with van der Waals surface area (Å²) in [5.41, 5.74) is 3.04. The van der Waals surface area contributed by atoms with Gasteiger partial charge in [-0.2, -0.15) is 5.10 Å². The summed E-state index contributed by atoms with van der Waals surface area (Å²) in [5.74, 6) is 0.862. The number of nitrogens with one attached hydrogen (secondary N) is 3. The average molecular weight is 304 g/mol. The third-order valence-electron chi connectivity index (χ3n) is 3.41. The third kappa shape index (κ3) is 2.55. The van der Waals surface area contributed by atoms with E-state index in [2.05, 4.69) is 30.5 Å². The molecule has 1 amide bonds. The largest absolute Gasteiger partial charge is 0.337 e. The van der Waals surface area contributed by atoms with Gasteiger partial charge < -0.3 is 10.3 Å². The van der Waals surface area contributed by atoms with Gasteiger partial charge in [0.25, 0.3) is 5.91 Å². The van der Waals surface area contributed by atoms with Gasteiger partial charge in [-0.3, -0.25) is 14.9 Å². The molecule has 112 valence electrons. The highest BCUT2D eigenvalue weighted by Crippen LogP contribution is 2.20. The number of benzene rings is 1. The molecular weight excluding hydrogens is 292 g/mol. The van der Waals surface area contributed by atoms with Crippen molar-refractivity contribution in [1.82, 2.24) is 25.1 Å². The van der Waals surface area contributed by atoms with Gasteiger partial charge in [-0.25, -0.2) is 4.98 Å². The highest BCUT2D eigenvalue weighted by molar-refractivity contribution is 6.03. The summed E-state index contributed by atoms with van der Waals surface area (Å²) in [5, 5.41) is 9.70. The zero-order valence-corrected chi connectivity index (χ0v) is 11.9. The minimum absolute atomic E-state index is 0.241. The van der Waals surface area contributed by atoms with Crippen molar-refractivity contribution in [2.45, 2.75) is 0 Å². The molecule has 3 N–H and O–H groups in total. The Kier molecular flexibility index (Phi) is 3.09. The first-order valence-corrected chi connectivity index (χ1v) is 7.01. The number of fused-ring (bicyclic) bond motifs is 1. The second-order valence-electron chi connectivity index (χ2n) is 4.96. The molecule has 0 aliphatic heterocycles. The van der Waals surface area contributed by atoms with Gasteiger partial charge in [0.15, 0.2) is 11.6 Å². The fourth-order valence-corrected chi connectivity index (χ4v) is 2.28. The molecule has 0 atom stereocenters. The molecule has 0 aliphatic carbocycles. The van der Waals surface area contributed by atoms with Crippen LogP contribution in [0, 0.1) is 0 Å². The lowest BCUT2D eigenvalue weighted by Gasteiger charge is -2.00. The Morgan fingerprint density at radius 1 is 1.09 bits per heavy atom. The van der Waals surface area contributed by atoms with Crippen LogP contribution in [0.2, 0.25) is 0 Å². The Bertz CT molecular complexity index is 939. The molecule has 7 heteroatoms. The van der Waals surface area contributed by atoms with Crippen molar-refractivity contribution < 1.29 is 4.79 Å². The van der Waals surface area contributed by atoms with Crippen LogP contribution in [0.1, 0.15) is 10.4 Å². The van der Waals surface area contributed by atoms with Crippen LogP contribution in [-0.4, -0.2) is 31.1 Å². The highest BCUT2D eigenvalue weighted by atomic mass is 16.1. The van der Waals surface area contributed by atoms with Crippen LogP contribution in [0.25, 0.3) is 22.6 Å². The Hall–Kier alpha value is -3.48. The summed E-state index contributed by atoms with van der Waals surface area (Å²) in [4.78, 5) is 23.7. The molecule has 4 rings (SSSR count). The molecule has 0 fully saturated rings. The first-order valence-electron chi connectivity index (χ1n) is 7.01. The van der Waals surface area contributed by atoms with E-state index in [0.29, 0.717) is 22.9 Å². The number of rotatable bonds is 3. The molecule has 23 heavy (non-hydrogen) atoms. The van der Waals surface area contributed by atoms with E-state index in [1.165, 1.54) is 0 Å². The van der Waals surface area contributed by atoms with E-state index in [4.69, 9.17) is 0 Å². The van der Waals surface area contributed by atoms with Crippen molar-refractivity contribution >= 4 is 22.8 Å². The van der Waals surface area contributed by atoms with Crippen molar-refractivity contribution in [1.29, 1.82) is 0 Å². The molecule has 1 aromatic carbocycles. The summed E-state index contributed by atoms with van der Waals surface area (Å²) >= 11 is 0. The van der Waals surface area contributed by atoms with Gasteiger partial charge in [0.05, 0.1) is 11.0 Å². The molecule has 0 radical (unpaired) electrons. The van der Waals surface area contributed by atoms with Crippen molar-refractivity contribution in [2.75, 3.05) is 5.32 Å². The van der Waals surface area contributed by atoms with E-state index < -0.39 is 0 Å². The number of aromatic amines is 2. The summed E-state index contributed by atoms with van der Waals surface area (Å²) in [7, 11) is 0. The smallest absolute Gasteiger partial charge is 0.256 e. The van der Waals surface area contributed by atoms with Gasteiger partial charge in [0, 0.05) is 24.0 Å². The Balaban J connectivity index is 1.58. The SMILES string of the molecule is O=C(Nc1cc(-c2nc3ccccc3[nH]2)[nH]n1)c1ccncc1. The minimum Gasteiger partial charge on any atom is -0.337 e. The molecule has 0 aliphatic rings. The van der Waals surface area contributed by atoms with E-state index >= 15 is 0 Å². The van der Waals surface area contributed by atoms with Crippen LogP contribution in [0.4, 0.5) is 5.82 Å².